The molecular weight excluding hydrogens is 461 g/mol. The van der Waals surface area contributed by atoms with Gasteiger partial charge in [-0.05, 0) is 61.7 Å². The van der Waals surface area contributed by atoms with Gasteiger partial charge in [-0.2, -0.15) is 4.72 Å². The molecule has 2 atom stereocenters. The number of nitrogens with one attached hydrogen (secondary N) is 2. The summed E-state index contributed by atoms with van der Waals surface area (Å²) in [6.07, 6.45) is 0. The molecule has 11 heteroatoms. The number of Topliss-reactive ketones (excluding diaryl/α,β-unsaturated/α-hetero) is 1. The maximum absolute atomic E-state index is 14.8. The number of hydrogen-bond acceptors (Lipinski definition) is 6. The van der Waals surface area contributed by atoms with E-state index in [0.717, 1.165) is 5.56 Å². The van der Waals surface area contributed by atoms with Gasteiger partial charge in [-0.3, -0.25) is 4.79 Å². The van der Waals surface area contributed by atoms with Crippen molar-refractivity contribution in [3.05, 3.63) is 79.9 Å². The van der Waals surface area contributed by atoms with Crippen LogP contribution in [-0.2, 0) is 10.0 Å². The van der Waals surface area contributed by atoms with Crippen molar-refractivity contribution < 1.29 is 22.0 Å². The number of carbonyl (C=O) groups is 1. The number of H-pyrrole nitrogens is 1. The van der Waals surface area contributed by atoms with Crippen LogP contribution in [0, 0.1) is 19.7 Å². The number of aromatic amines is 1. The number of ketones is 1. The molecule has 2 aromatic carbocycles. The summed E-state index contributed by atoms with van der Waals surface area (Å²) in [5, 5.41) is 6.03. The molecule has 3 aromatic rings. The van der Waals surface area contributed by atoms with Gasteiger partial charge in [-0.25, -0.2) is 22.7 Å². The van der Waals surface area contributed by atoms with Gasteiger partial charge in [0.2, 0.25) is 15.9 Å². The lowest BCUT2D eigenvalue weighted by atomic mass is 9.88. The number of aromatic nitrogens is 2. The largest absolute Gasteiger partial charge is 0.434 e. The summed E-state index contributed by atoms with van der Waals surface area (Å²) < 4.78 is 48.8. The van der Waals surface area contributed by atoms with Crippen LogP contribution in [0.25, 0.3) is 0 Å². The standard InChI is InChI=1S/C21H21ClFN3O5S/c1-10-5-7-16(23)18(11(10)2)12(3)19(20-24-25-21(28)31-20)26-32(29,30)17-8-6-14(22)9-15(17)13(4)27/h5-9,12,19,26H,1-4H3,(H,25,28)/t12-,19+/m1/s1. The average molecular weight is 482 g/mol. The Labute approximate surface area is 188 Å². The van der Waals surface area contributed by atoms with Crippen molar-refractivity contribution in [1.82, 2.24) is 14.9 Å². The second-order valence-electron chi connectivity index (χ2n) is 7.44. The van der Waals surface area contributed by atoms with Gasteiger partial charge in [-0.15, -0.1) is 5.10 Å². The van der Waals surface area contributed by atoms with Gasteiger partial charge in [0.15, 0.2) is 5.78 Å². The molecule has 0 bridgehead atoms. The lowest BCUT2D eigenvalue weighted by molar-refractivity contribution is 0.101. The van der Waals surface area contributed by atoms with Gasteiger partial charge in [0.1, 0.15) is 11.9 Å². The molecule has 1 heterocycles. The SMILES string of the molecule is CC(=O)c1cc(Cl)ccc1S(=O)(=O)N[C@H](c1n[nH]c(=O)o1)[C@H](C)c1c(F)ccc(C)c1C. The molecule has 3 rings (SSSR count). The van der Waals surface area contributed by atoms with Crippen LogP contribution in [-0.4, -0.2) is 24.4 Å². The first-order valence-corrected chi connectivity index (χ1v) is 11.4. The van der Waals surface area contributed by atoms with Crippen LogP contribution >= 0.6 is 11.6 Å². The van der Waals surface area contributed by atoms with E-state index in [9.17, 15) is 22.4 Å². The fourth-order valence-corrected chi connectivity index (χ4v) is 5.19. The van der Waals surface area contributed by atoms with Crippen LogP contribution < -0.4 is 10.5 Å². The predicted molar refractivity (Wildman–Crippen MR) is 116 cm³/mol. The molecule has 0 saturated carbocycles. The molecule has 0 aliphatic carbocycles. The van der Waals surface area contributed by atoms with Crippen LogP contribution in [0.15, 0.2) is 44.4 Å². The first-order chi connectivity index (χ1) is 14.9. The fourth-order valence-electron chi connectivity index (χ4n) is 3.51. The normalized spacial score (nSPS) is 13.7. The summed E-state index contributed by atoms with van der Waals surface area (Å²) in [4.78, 5) is 23.3. The number of sulfonamides is 1. The van der Waals surface area contributed by atoms with E-state index >= 15 is 0 Å². The Balaban J connectivity index is 2.14. The second-order valence-corrected chi connectivity index (χ2v) is 9.56. The molecule has 0 saturated heterocycles. The molecule has 0 radical (unpaired) electrons. The van der Waals surface area contributed by atoms with Crippen molar-refractivity contribution in [1.29, 1.82) is 0 Å². The quantitative estimate of drug-likeness (QED) is 0.495. The maximum atomic E-state index is 14.8. The Morgan fingerprint density at radius 1 is 1.25 bits per heavy atom. The molecule has 0 spiro atoms. The molecule has 8 nitrogen and oxygen atoms in total. The van der Waals surface area contributed by atoms with Gasteiger partial charge in [0.05, 0.1) is 4.90 Å². The van der Waals surface area contributed by atoms with E-state index in [1.54, 1.807) is 26.8 Å². The highest BCUT2D eigenvalue weighted by atomic mass is 35.5. The predicted octanol–water partition coefficient (Wildman–Crippen LogP) is 3.80. The Bertz CT molecular complexity index is 1350. The van der Waals surface area contributed by atoms with E-state index < -0.39 is 39.3 Å². The van der Waals surface area contributed by atoms with Gasteiger partial charge in [-0.1, -0.05) is 24.6 Å². The zero-order chi connectivity index (χ0) is 23.8. The van der Waals surface area contributed by atoms with Crippen molar-refractivity contribution in [2.45, 2.75) is 44.6 Å². The first kappa shape index (κ1) is 23.8. The number of aryl methyl sites for hydroxylation is 1. The lowest BCUT2D eigenvalue weighted by Crippen LogP contribution is -2.33. The molecule has 170 valence electrons. The minimum Gasteiger partial charge on any atom is -0.391 e. The van der Waals surface area contributed by atoms with Gasteiger partial charge < -0.3 is 4.42 Å². The monoisotopic (exact) mass is 481 g/mol. The van der Waals surface area contributed by atoms with E-state index in [1.165, 1.54) is 31.2 Å². The Kier molecular flexibility index (Phi) is 6.68. The summed E-state index contributed by atoms with van der Waals surface area (Å²) in [7, 11) is -4.35. The zero-order valence-electron chi connectivity index (χ0n) is 17.7. The Morgan fingerprint density at radius 2 is 1.94 bits per heavy atom. The first-order valence-electron chi connectivity index (χ1n) is 9.56. The summed E-state index contributed by atoms with van der Waals surface area (Å²) in [5.74, 6) is -3.05. The molecule has 32 heavy (non-hydrogen) atoms. The topological polar surface area (TPSA) is 122 Å². The van der Waals surface area contributed by atoms with E-state index in [4.69, 9.17) is 16.0 Å². The molecule has 0 aliphatic heterocycles. The third-order valence-corrected chi connectivity index (χ3v) is 7.04. The van der Waals surface area contributed by atoms with Gasteiger partial charge >= 0.3 is 5.76 Å². The van der Waals surface area contributed by atoms with E-state index in [1.807, 2.05) is 0 Å². The van der Waals surface area contributed by atoms with Gasteiger partial charge in [0, 0.05) is 16.5 Å². The van der Waals surface area contributed by atoms with Crippen LogP contribution in [0.5, 0.6) is 0 Å². The third-order valence-electron chi connectivity index (χ3n) is 5.30. The highest BCUT2D eigenvalue weighted by Gasteiger charge is 2.34. The Hall–Kier alpha value is -2.82. The van der Waals surface area contributed by atoms with Crippen LogP contribution in [0.1, 0.15) is 58.7 Å². The molecule has 0 amide bonds. The summed E-state index contributed by atoms with van der Waals surface area (Å²) in [5.41, 5.74) is 1.55. The molecular formula is C21H21ClFN3O5S. The van der Waals surface area contributed by atoms with Crippen molar-refractivity contribution in [2.75, 3.05) is 0 Å². The van der Waals surface area contributed by atoms with Crippen LogP contribution in [0.3, 0.4) is 0 Å². The van der Waals surface area contributed by atoms with E-state index in [-0.39, 0.29) is 26.9 Å². The number of rotatable bonds is 7. The molecule has 0 aliphatic rings. The molecule has 2 N–H and O–H groups in total. The smallest absolute Gasteiger partial charge is 0.391 e. The van der Waals surface area contributed by atoms with E-state index in [2.05, 4.69) is 14.9 Å². The number of carbonyl (C=O) groups excluding carboxylic acids is 1. The second kappa shape index (κ2) is 8.97. The summed E-state index contributed by atoms with van der Waals surface area (Å²) in [6.45, 7) is 6.30. The van der Waals surface area contributed by atoms with Crippen molar-refractivity contribution in [3.8, 4) is 0 Å². The highest BCUT2D eigenvalue weighted by Crippen LogP contribution is 2.35. The van der Waals surface area contributed by atoms with Crippen molar-refractivity contribution in [3.63, 3.8) is 0 Å². The maximum Gasteiger partial charge on any atom is 0.434 e. The van der Waals surface area contributed by atoms with Crippen molar-refractivity contribution in [2.24, 2.45) is 0 Å². The number of nitrogens with zero attached hydrogens (tertiary/aromatic N) is 1. The number of hydrogen-bond donors (Lipinski definition) is 2. The number of halogens is 2. The van der Waals surface area contributed by atoms with Gasteiger partial charge in [0.25, 0.3) is 0 Å². The lowest BCUT2D eigenvalue weighted by Gasteiger charge is -2.25. The molecule has 0 unspecified atom stereocenters. The highest BCUT2D eigenvalue weighted by molar-refractivity contribution is 7.89. The summed E-state index contributed by atoms with van der Waals surface area (Å²) >= 11 is 5.92. The van der Waals surface area contributed by atoms with Crippen molar-refractivity contribution >= 4 is 27.4 Å². The number of benzene rings is 2. The minimum absolute atomic E-state index is 0.113. The average Bonchev–Trinajstić information content (AvgIpc) is 3.15. The molecule has 1 aromatic heterocycles. The van der Waals surface area contributed by atoms with E-state index in [0.29, 0.717) is 5.56 Å². The third kappa shape index (κ3) is 4.67. The fraction of sp³-hybridized carbons (Fsp3) is 0.286. The Morgan fingerprint density at radius 3 is 2.53 bits per heavy atom. The molecule has 0 fully saturated rings. The van der Waals surface area contributed by atoms with Crippen LogP contribution in [0.4, 0.5) is 4.39 Å². The zero-order valence-corrected chi connectivity index (χ0v) is 19.3. The minimum atomic E-state index is -4.35. The van der Waals surface area contributed by atoms with Crippen LogP contribution in [0.2, 0.25) is 5.02 Å². The summed E-state index contributed by atoms with van der Waals surface area (Å²) in [6, 6.07) is 5.41.